The fraction of sp³-hybridized carbons (Fsp3) is 0.167. The largest absolute Gasteiger partial charge is 0.351 e. The van der Waals surface area contributed by atoms with Gasteiger partial charge in [0.1, 0.15) is 5.52 Å². The minimum absolute atomic E-state index is 0.0640. The highest BCUT2D eigenvalue weighted by Gasteiger charge is 2.30. The van der Waals surface area contributed by atoms with Gasteiger partial charge < -0.3 is 15.2 Å². The third-order valence-corrected chi connectivity index (χ3v) is 6.25. The number of carbonyl (C=O) groups excluding carboxylic acids is 2. The number of hydrogen-bond donors (Lipinski definition) is 3. The van der Waals surface area contributed by atoms with Crippen molar-refractivity contribution >= 4 is 33.9 Å². The summed E-state index contributed by atoms with van der Waals surface area (Å²) in [6.07, 6.45) is 7.92. The molecule has 0 fully saturated rings. The quantitative estimate of drug-likeness (QED) is 0.384. The van der Waals surface area contributed by atoms with E-state index in [4.69, 9.17) is 0 Å². The maximum absolute atomic E-state index is 13.5. The lowest BCUT2D eigenvalue weighted by molar-refractivity contribution is 0.0718. The van der Waals surface area contributed by atoms with Crippen molar-refractivity contribution in [2.75, 3.05) is 13.1 Å². The van der Waals surface area contributed by atoms with Crippen LogP contribution in [0.4, 0.5) is 0 Å². The third kappa shape index (κ3) is 3.36. The Morgan fingerprint density at radius 2 is 2.00 bits per heavy atom. The van der Waals surface area contributed by atoms with Crippen LogP contribution in [-0.4, -0.2) is 59.9 Å². The molecule has 2 amide bonds. The van der Waals surface area contributed by atoms with Crippen molar-refractivity contribution in [3.8, 4) is 0 Å². The second kappa shape index (κ2) is 8.07. The fourth-order valence-electron chi connectivity index (χ4n) is 4.59. The minimum Gasteiger partial charge on any atom is -0.351 e. The number of imidazole rings is 1. The van der Waals surface area contributed by atoms with Crippen molar-refractivity contribution in [2.45, 2.75) is 12.5 Å². The number of aromatic amines is 2. The van der Waals surface area contributed by atoms with E-state index in [0.29, 0.717) is 52.8 Å². The molecule has 10 heteroatoms. The fourth-order valence-corrected chi connectivity index (χ4v) is 4.59. The van der Waals surface area contributed by atoms with Gasteiger partial charge in [-0.3, -0.25) is 19.7 Å². The van der Waals surface area contributed by atoms with Crippen LogP contribution in [0.3, 0.4) is 0 Å². The second-order valence-electron chi connectivity index (χ2n) is 8.27. The second-order valence-corrected chi connectivity index (χ2v) is 8.27. The summed E-state index contributed by atoms with van der Waals surface area (Å²) in [5.74, 6) is -0.406. The number of rotatable bonds is 4. The lowest BCUT2D eigenvalue weighted by Crippen LogP contribution is -2.42. The minimum atomic E-state index is -0.250. The molecule has 1 aromatic carbocycles. The predicted molar refractivity (Wildman–Crippen MR) is 124 cm³/mol. The number of pyridine rings is 2. The number of hydrogen-bond acceptors (Lipinski definition) is 6. The van der Waals surface area contributed by atoms with E-state index in [9.17, 15) is 9.59 Å². The number of nitrogens with one attached hydrogen (secondary N) is 3. The molecule has 0 spiro atoms. The number of nitrogens with zero attached hydrogens (tertiary/aromatic N) is 5. The normalized spacial score (nSPS) is 15.4. The van der Waals surface area contributed by atoms with E-state index in [2.05, 4.69) is 41.5 Å². The standard InChI is InChI=1S/C24H20N8O2/c33-23(19-8-25-10-20-21(19)29-13-28-20)27-7-15-12-32(11-14-3-1-2-4-16(14)15)24(34)17-5-6-26-22-18(17)9-30-31-22/h1-6,8-10,13,15H,7,11-12H2,(H,27,33)(H,28,29)(H,26,30,31). The molecule has 1 atom stereocenters. The van der Waals surface area contributed by atoms with Crippen LogP contribution in [0.25, 0.3) is 22.1 Å². The van der Waals surface area contributed by atoms with Crippen LogP contribution in [0.2, 0.25) is 0 Å². The van der Waals surface area contributed by atoms with Crippen LogP contribution in [0.5, 0.6) is 0 Å². The molecule has 10 nitrogen and oxygen atoms in total. The van der Waals surface area contributed by atoms with Crippen LogP contribution in [0, 0.1) is 0 Å². The van der Waals surface area contributed by atoms with Crippen LogP contribution < -0.4 is 5.32 Å². The van der Waals surface area contributed by atoms with Crippen LogP contribution in [0.1, 0.15) is 37.8 Å². The number of aromatic nitrogens is 6. The van der Waals surface area contributed by atoms with Crippen molar-refractivity contribution in [3.05, 3.63) is 83.7 Å². The Morgan fingerprint density at radius 3 is 2.94 bits per heavy atom. The molecule has 5 aromatic rings. The molecule has 1 unspecified atom stereocenters. The zero-order valence-corrected chi connectivity index (χ0v) is 18.0. The van der Waals surface area contributed by atoms with Gasteiger partial charge in [0.05, 0.1) is 40.8 Å². The Balaban J connectivity index is 1.26. The Hall–Kier alpha value is -4.60. The average molecular weight is 452 g/mol. The summed E-state index contributed by atoms with van der Waals surface area (Å²) in [6, 6.07) is 9.75. The highest BCUT2D eigenvalue weighted by atomic mass is 16.2. The highest BCUT2D eigenvalue weighted by molar-refractivity contribution is 6.05. The number of fused-ring (bicyclic) bond motifs is 3. The maximum atomic E-state index is 13.5. The molecule has 1 aliphatic rings. The Labute approximate surface area is 193 Å². The summed E-state index contributed by atoms with van der Waals surface area (Å²) in [4.78, 5) is 43.8. The summed E-state index contributed by atoms with van der Waals surface area (Å²) in [5.41, 5.74) is 5.02. The van der Waals surface area contributed by atoms with E-state index in [-0.39, 0.29) is 17.7 Å². The van der Waals surface area contributed by atoms with Gasteiger partial charge in [0.15, 0.2) is 5.65 Å². The first-order valence-electron chi connectivity index (χ1n) is 10.9. The molecule has 3 N–H and O–H groups in total. The lowest BCUT2D eigenvalue weighted by Gasteiger charge is -2.35. The Kier molecular flexibility index (Phi) is 4.76. The van der Waals surface area contributed by atoms with Gasteiger partial charge in [-0.2, -0.15) is 5.10 Å². The van der Waals surface area contributed by atoms with E-state index in [1.807, 2.05) is 23.1 Å². The molecule has 4 aromatic heterocycles. The summed E-state index contributed by atoms with van der Waals surface area (Å²) in [5, 5.41) is 10.5. The van der Waals surface area contributed by atoms with Crippen molar-refractivity contribution in [3.63, 3.8) is 0 Å². The zero-order valence-electron chi connectivity index (χ0n) is 18.0. The zero-order chi connectivity index (χ0) is 23.1. The predicted octanol–water partition coefficient (Wildman–Crippen LogP) is 2.40. The summed E-state index contributed by atoms with van der Waals surface area (Å²) < 4.78 is 0. The monoisotopic (exact) mass is 452 g/mol. The molecule has 0 radical (unpaired) electrons. The van der Waals surface area contributed by atoms with Crippen LogP contribution >= 0.6 is 0 Å². The molecule has 34 heavy (non-hydrogen) atoms. The molecule has 0 saturated carbocycles. The Bertz CT molecular complexity index is 1540. The van der Waals surface area contributed by atoms with Gasteiger partial charge >= 0.3 is 0 Å². The summed E-state index contributed by atoms with van der Waals surface area (Å²) in [7, 11) is 0. The van der Waals surface area contributed by atoms with Crippen molar-refractivity contribution in [2.24, 2.45) is 0 Å². The number of amides is 2. The van der Waals surface area contributed by atoms with Gasteiger partial charge in [0.2, 0.25) is 0 Å². The van der Waals surface area contributed by atoms with E-state index in [1.165, 1.54) is 6.20 Å². The topological polar surface area (TPSA) is 133 Å². The van der Waals surface area contributed by atoms with Gasteiger partial charge in [-0.15, -0.1) is 0 Å². The average Bonchev–Trinajstić information content (AvgIpc) is 3.55. The first kappa shape index (κ1) is 20.0. The van der Waals surface area contributed by atoms with Crippen LogP contribution in [-0.2, 0) is 6.54 Å². The SMILES string of the molecule is O=C(NCC1CN(C(=O)c2ccnc3[nH]ncc23)Cc2ccccc21)c1cncc2[nH]cnc12. The van der Waals surface area contributed by atoms with Gasteiger partial charge in [-0.05, 0) is 17.2 Å². The van der Waals surface area contributed by atoms with Crippen molar-refractivity contribution in [1.29, 1.82) is 0 Å². The van der Waals surface area contributed by atoms with E-state index in [0.717, 1.165) is 11.1 Å². The lowest BCUT2D eigenvalue weighted by atomic mass is 9.89. The first-order chi connectivity index (χ1) is 16.7. The number of carbonyl (C=O) groups is 2. The molecule has 1 aliphatic heterocycles. The molecular formula is C24H20N8O2. The molecule has 0 aliphatic carbocycles. The molecule has 0 saturated heterocycles. The number of H-pyrrole nitrogens is 2. The van der Waals surface area contributed by atoms with E-state index < -0.39 is 0 Å². The molecule has 6 rings (SSSR count). The van der Waals surface area contributed by atoms with Gasteiger partial charge in [0, 0.05) is 37.9 Å². The van der Waals surface area contributed by atoms with Gasteiger partial charge in [-0.25, -0.2) is 9.97 Å². The molecule has 0 bridgehead atoms. The Morgan fingerprint density at radius 1 is 1.09 bits per heavy atom. The van der Waals surface area contributed by atoms with E-state index in [1.54, 1.807) is 31.0 Å². The summed E-state index contributed by atoms with van der Waals surface area (Å²) in [6.45, 7) is 1.35. The third-order valence-electron chi connectivity index (χ3n) is 6.25. The van der Waals surface area contributed by atoms with Gasteiger partial charge in [0.25, 0.3) is 11.8 Å². The van der Waals surface area contributed by atoms with Gasteiger partial charge in [-0.1, -0.05) is 24.3 Å². The van der Waals surface area contributed by atoms with Crippen molar-refractivity contribution in [1.82, 2.24) is 40.3 Å². The number of benzene rings is 1. The molecule has 5 heterocycles. The summed E-state index contributed by atoms with van der Waals surface area (Å²) >= 11 is 0. The molecule has 168 valence electrons. The van der Waals surface area contributed by atoms with E-state index >= 15 is 0 Å². The smallest absolute Gasteiger partial charge is 0.255 e. The van der Waals surface area contributed by atoms with Crippen LogP contribution in [0.15, 0.2) is 61.4 Å². The molecular weight excluding hydrogens is 432 g/mol. The first-order valence-corrected chi connectivity index (χ1v) is 10.9. The maximum Gasteiger partial charge on any atom is 0.255 e. The van der Waals surface area contributed by atoms with Crippen molar-refractivity contribution < 1.29 is 9.59 Å². The highest BCUT2D eigenvalue weighted by Crippen LogP contribution is 2.30.